The van der Waals surface area contributed by atoms with Crippen LogP contribution in [0, 0.1) is 22.8 Å². The second kappa shape index (κ2) is 5.07. The van der Waals surface area contributed by atoms with Crippen LogP contribution in [0.2, 0.25) is 0 Å². The van der Waals surface area contributed by atoms with E-state index in [0.29, 0.717) is 0 Å². The smallest absolute Gasteiger partial charge is 0.126 e. The quantitative estimate of drug-likeness (QED) is 0.524. The van der Waals surface area contributed by atoms with E-state index in [4.69, 9.17) is 6.42 Å². The highest BCUT2D eigenvalue weighted by Crippen LogP contribution is 2.12. The minimum absolute atomic E-state index is 0.729. The van der Waals surface area contributed by atoms with Gasteiger partial charge in [-0.05, 0) is 41.6 Å². The van der Waals surface area contributed by atoms with Crippen molar-refractivity contribution in [1.82, 2.24) is 4.98 Å². The lowest BCUT2D eigenvalue weighted by Crippen LogP contribution is -2.03. The van der Waals surface area contributed by atoms with E-state index in [9.17, 15) is 0 Å². The molecule has 0 bridgehead atoms. The van der Waals surface area contributed by atoms with Gasteiger partial charge in [-0.15, -0.1) is 12.3 Å². The Morgan fingerprint density at radius 3 is 3.00 bits per heavy atom. The molecule has 3 heteroatoms. The van der Waals surface area contributed by atoms with E-state index < -0.39 is 0 Å². The van der Waals surface area contributed by atoms with E-state index in [2.05, 4.69) is 38.8 Å². The van der Waals surface area contributed by atoms with Crippen LogP contribution in [-0.4, -0.2) is 11.5 Å². The SMILES string of the molecule is C#CCCNc1ccc(I)c(C)n1. The van der Waals surface area contributed by atoms with Crippen LogP contribution < -0.4 is 5.32 Å². The molecular weight excluding hydrogens is 275 g/mol. The molecule has 1 heterocycles. The second-order valence-corrected chi connectivity index (χ2v) is 3.81. The first-order chi connectivity index (χ1) is 6.24. The number of pyridine rings is 1. The average Bonchev–Trinajstić information content (AvgIpc) is 2.12. The van der Waals surface area contributed by atoms with Gasteiger partial charge in [-0.1, -0.05) is 0 Å². The van der Waals surface area contributed by atoms with Crippen molar-refractivity contribution in [2.24, 2.45) is 0 Å². The molecule has 1 aromatic heterocycles. The Morgan fingerprint density at radius 1 is 1.62 bits per heavy atom. The molecule has 0 aliphatic rings. The van der Waals surface area contributed by atoms with Crippen LogP contribution in [0.15, 0.2) is 12.1 Å². The third-order valence-corrected chi connectivity index (χ3v) is 2.74. The maximum absolute atomic E-state index is 5.14. The molecule has 0 radical (unpaired) electrons. The van der Waals surface area contributed by atoms with E-state index in [1.54, 1.807) is 0 Å². The molecule has 1 rings (SSSR count). The third-order valence-electron chi connectivity index (χ3n) is 1.60. The van der Waals surface area contributed by atoms with Gasteiger partial charge in [0.25, 0.3) is 0 Å². The van der Waals surface area contributed by atoms with Crippen LogP contribution in [0.1, 0.15) is 12.1 Å². The lowest BCUT2D eigenvalue weighted by molar-refractivity contribution is 1.06. The summed E-state index contributed by atoms with van der Waals surface area (Å²) in [6.45, 7) is 2.78. The van der Waals surface area contributed by atoms with Gasteiger partial charge < -0.3 is 5.32 Å². The number of halogens is 1. The first-order valence-electron chi connectivity index (χ1n) is 4.04. The van der Waals surface area contributed by atoms with Crippen molar-refractivity contribution in [3.63, 3.8) is 0 Å². The number of rotatable bonds is 3. The molecule has 0 spiro atoms. The monoisotopic (exact) mass is 286 g/mol. The van der Waals surface area contributed by atoms with Crippen molar-refractivity contribution in [3.05, 3.63) is 21.4 Å². The molecule has 0 aliphatic heterocycles. The standard InChI is InChI=1S/C10H11IN2/c1-3-4-7-12-10-6-5-9(11)8(2)13-10/h1,5-6H,4,7H2,2H3,(H,12,13). The summed E-state index contributed by atoms with van der Waals surface area (Å²) in [5.74, 6) is 3.47. The van der Waals surface area contributed by atoms with Gasteiger partial charge in [0.15, 0.2) is 0 Å². The molecule has 13 heavy (non-hydrogen) atoms. The van der Waals surface area contributed by atoms with Gasteiger partial charge >= 0.3 is 0 Å². The topological polar surface area (TPSA) is 24.9 Å². The van der Waals surface area contributed by atoms with Crippen LogP contribution in [0.4, 0.5) is 5.82 Å². The molecule has 0 aliphatic carbocycles. The molecular formula is C10H11IN2. The molecule has 0 unspecified atom stereocenters. The van der Waals surface area contributed by atoms with E-state index in [-0.39, 0.29) is 0 Å². The first kappa shape index (κ1) is 10.3. The Morgan fingerprint density at radius 2 is 2.38 bits per heavy atom. The van der Waals surface area contributed by atoms with Gasteiger partial charge in [0.2, 0.25) is 0 Å². The summed E-state index contributed by atoms with van der Waals surface area (Å²) in [6.07, 6.45) is 5.86. The van der Waals surface area contributed by atoms with Crippen LogP contribution in [0.5, 0.6) is 0 Å². The van der Waals surface area contributed by atoms with Crippen molar-refractivity contribution in [2.75, 3.05) is 11.9 Å². The molecule has 0 amide bonds. The zero-order valence-corrected chi connectivity index (χ0v) is 9.63. The summed E-state index contributed by atoms with van der Waals surface area (Å²) >= 11 is 2.26. The number of hydrogen-bond acceptors (Lipinski definition) is 2. The summed E-state index contributed by atoms with van der Waals surface area (Å²) in [6, 6.07) is 4.01. The summed E-state index contributed by atoms with van der Waals surface area (Å²) in [4.78, 5) is 4.36. The fraction of sp³-hybridized carbons (Fsp3) is 0.300. The minimum Gasteiger partial charge on any atom is -0.369 e. The molecule has 1 aromatic rings. The summed E-state index contributed by atoms with van der Waals surface area (Å²) < 4.78 is 1.18. The molecule has 0 saturated heterocycles. The highest BCUT2D eigenvalue weighted by atomic mass is 127. The highest BCUT2D eigenvalue weighted by molar-refractivity contribution is 14.1. The maximum atomic E-state index is 5.14. The molecule has 0 aromatic carbocycles. The van der Waals surface area contributed by atoms with Gasteiger partial charge in [0.05, 0.1) is 5.69 Å². The van der Waals surface area contributed by atoms with E-state index >= 15 is 0 Å². The zero-order valence-electron chi connectivity index (χ0n) is 7.47. The Balaban J connectivity index is 2.59. The number of hydrogen-bond donors (Lipinski definition) is 1. The zero-order chi connectivity index (χ0) is 9.68. The summed E-state index contributed by atoms with van der Waals surface area (Å²) in [5, 5.41) is 3.16. The number of nitrogens with one attached hydrogen (secondary N) is 1. The second-order valence-electron chi connectivity index (χ2n) is 2.64. The lowest BCUT2D eigenvalue weighted by atomic mass is 10.3. The minimum atomic E-state index is 0.729. The van der Waals surface area contributed by atoms with Crippen molar-refractivity contribution < 1.29 is 0 Å². The number of anilines is 1. The average molecular weight is 286 g/mol. The summed E-state index contributed by atoms with van der Waals surface area (Å²) in [5.41, 5.74) is 1.05. The third kappa shape index (κ3) is 3.23. The van der Waals surface area contributed by atoms with Crippen molar-refractivity contribution in [2.45, 2.75) is 13.3 Å². The normalized spacial score (nSPS) is 9.31. The molecule has 0 atom stereocenters. The Hall–Kier alpha value is -0.760. The molecule has 1 N–H and O–H groups in total. The summed E-state index contributed by atoms with van der Waals surface area (Å²) in [7, 11) is 0. The predicted octanol–water partition coefficient (Wildman–Crippen LogP) is 2.43. The number of nitrogens with zero attached hydrogens (tertiary/aromatic N) is 1. The van der Waals surface area contributed by atoms with Crippen LogP contribution in [0.25, 0.3) is 0 Å². The molecule has 68 valence electrons. The van der Waals surface area contributed by atoms with Gasteiger partial charge in [0.1, 0.15) is 5.82 Å². The fourth-order valence-corrected chi connectivity index (χ4v) is 1.21. The Labute approximate surface area is 92.3 Å². The molecule has 0 fully saturated rings. The fourth-order valence-electron chi connectivity index (χ4n) is 0.905. The number of terminal acetylenes is 1. The van der Waals surface area contributed by atoms with Crippen LogP contribution in [0.3, 0.4) is 0 Å². The number of aromatic nitrogens is 1. The Kier molecular flexibility index (Phi) is 4.03. The predicted molar refractivity (Wildman–Crippen MR) is 63.6 cm³/mol. The van der Waals surface area contributed by atoms with Gasteiger partial charge in [-0.3, -0.25) is 0 Å². The van der Waals surface area contributed by atoms with Crippen molar-refractivity contribution >= 4 is 28.4 Å². The van der Waals surface area contributed by atoms with Gasteiger partial charge in [-0.2, -0.15) is 0 Å². The molecule has 2 nitrogen and oxygen atoms in total. The Bertz CT molecular complexity index is 328. The van der Waals surface area contributed by atoms with Crippen LogP contribution >= 0.6 is 22.6 Å². The van der Waals surface area contributed by atoms with Gasteiger partial charge in [-0.25, -0.2) is 4.98 Å². The van der Waals surface area contributed by atoms with E-state index in [1.807, 2.05) is 19.1 Å². The highest BCUT2D eigenvalue weighted by Gasteiger charge is 1.96. The van der Waals surface area contributed by atoms with Crippen molar-refractivity contribution in [3.8, 4) is 12.3 Å². The largest absolute Gasteiger partial charge is 0.369 e. The first-order valence-corrected chi connectivity index (χ1v) is 5.12. The maximum Gasteiger partial charge on any atom is 0.126 e. The van der Waals surface area contributed by atoms with Gasteiger partial charge in [0, 0.05) is 16.5 Å². The van der Waals surface area contributed by atoms with E-state index in [1.165, 1.54) is 3.57 Å². The van der Waals surface area contributed by atoms with Crippen LogP contribution in [-0.2, 0) is 0 Å². The lowest BCUT2D eigenvalue weighted by Gasteiger charge is -2.04. The van der Waals surface area contributed by atoms with Crippen molar-refractivity contribution in [1.29, 1.82) is 0 Å². The molecule has 0 saturated carbocycles. The van der Waals surface area contributed by atoms with E-state index in [0.717, 1.165) is 24.5 Å². The number of aryl methyl sites for hydroxylation is 1.